The summed E-state index contributed by atoms with van der Waals surface area (Å²) in [5, 5.41) is 38.5. The Hall–Kier alpha value is -2.78. The molecule has 0 saturated heterocycles. The van der Waals surface area contributed by atoms with E-state index in [-0.39, 0.29) is 22.2 Å². The van der Waals surface area contributed by atoms with E-state index in [1.165, 1.54) is 0 Å². The van der Waals surface area contributed by atoms with Crippen LogP contribution in [0.3, 0.4) is 0 Å². The number of aromatic nitrogens is 2. The third-order valence-electron chi connectivity index (χ3n) is 4.99. The number of nitrogens with zero attached hydrogens (tertiary/aromatic N) is 4. The van der Waals surface area contributed by atoms with Crippen molar-refractivity contribution in [2.24, 2.45) is 11.8 Å². The van der Waals surface area contributed by atoms with Crippen LogP contribution >= 0.6 is 0 Å². The molecule has 0 unspecified atom stereocenters. The van der Waals surface area contributed by atoms with Gasteiger partial charge in [-0.2, -0.15) is 0 Å². The smallest absolute Gasteiger partial charge is 0.329 e. The van der Waals surface area contributed by atoms with Crippen LogP contribution < -0.4 is 4.90 Å². The molecule has 0 aliphatic heterocycles. The summed E-state index contributed by atoms with van der Waals surface area (Å²) in [5.41, 5.74) is -2.54. The minimum Gasteiger partial charge on any atom is -0.359 e. The Morgan fingerprint density at radius 2 is 2.09 bits per heavy atom. The average Bonchev–Trinajstić information content (AvgIpc) is 2.89. The Morgan fingerprint density at radius 1 is 1.32 bits per heavy atom. The van der Waals surface area contributed by atoms with Crippen LogP contribution in [-0.4, -0.2) is 20.5 Å². The molecule has 22 heavy (non-hydrogen) atoms. The second-order valence-corrected chi connectivity index (χ2v) is 5.81. The summed E-state index contributed by atoms with van der Waals surface area (Å²) in [7, 11) is 0. The second kappa shape index (κ2) is 3.90. The standard InChI is InChI=1S/C12H10N4O6/c17-14(18)8-5-12(16(20)21)7-3-1-6(2-4-7)9(12)11-10(8)13-22-15(11)19/h1,3,5-7,9H,2,4H2/t6-,7+,9-,12+/m0/s1. The summed E-state index contributed by atoms with van der Waals surface area (Å²) >= 11 is 0. The SMILES string of the molecule is O=[N+]([O-])C1=C[C@@]2([N+](=O)[O-])[C@@H]3C=C[C@@H](CC3)[C@H]2c2c1no[n+]2[O-]. The molecule has 114 valence electrons. The minimum absolute atomic E-state index is 0.0727. The largest absolute Gasteiger partial charge is 0.359 e. The van der Waals surface area contributed by atoms with Gasteiger partial charge in [0, 0.05) is 4.92 Å². The molecule has 1 heterocycles. The number of fused-ring (bicyclic) bond motifs is 2. The quantitative estimate of drug-likeness (QED) is 0.338. The van der Waals surface area contributed by atoms with Gasteiger partial charge in [0.1, 0.15) is 5.92 Å². The number of hydrogen-bond donors (Lipinski definition) is 0. The predicted molar refractivity (Wildman–Crippen MR) is 68.3 cm³/mol. The van der Waals surface area contributed by atoms with Crippen molar-refractivity contribution < 1.29 is 19.4 Å². The number of nitro groups is 2. The lowest BCUT2D eigenvalue weighted by atomic mass is 9.55. The van der Waals surface area contributed by atoms with Gasteiger partial charge in [0.05, 0.1) is 22.1 Å². The monoisotopic (exact) mass is 306 g/mol. The molecule has 10 nitrogen and oxygen atoms in total. The van der Waals surface area contributed by atoms with Crippen molar-refractivity contribution in [2.75, 3.05) is 0 Å². The first-order chi connectivity index (χ1) is 10.5. The van der Waals surface area contributed by atoms with Crippen LogP contribution in [-0.2, 0) is 0 Å². The van der Waals surface area contributed by atoms with Gasteiger partial charge in [-0.05, 0) is 23.7 Å². The minimum atomic E-state index is -1.69. The van der Waals surface area contributed by atoms with Gasteiger partial charge in [0.15, 0.2) is 0 Å². The maximum Gasteiger partial charge on any atom is 0.329 e. The van der Waals surface area contributed by atoms with Gasteiger partial charge in [0.2, 0.25) is 5.69 Å². The van der Waals surface area contributed by atoms with E-state index < -0.39 is 32.9 Å². The van der Waals surface area contributed by atoms with E-state index in [0.717, 1.165) is 6.08 Å². The zero-order chi connectivity index (χ0) is 15.6. The van der Waals surface area contributed by atoms with E-state index in [0.29, 0.717) is 12.8 Å². The molecule has 0 spiro atoms. The number of hydrogen-bond acceptors (Lipinski definition) is 7. The first kappa shape index (κ1) is 12.9. The Bertz CT molecular complexity index is 768. The Morgan fingerprint density at radius 3 is 2.68 bits per heavy atom. The maximum absolute atomic E-state index is 11.9. The fourth-order valence-corrected chi connectivity index (χ4v) is 4.12. The highest BCUT2D eigenvalue weighted by Gasteiger charge is 2.68. The zero-order valence-corrected chi connectivity index (χ0v) is 11.1. The van der Waals surface area contributed by atoms with Crippen molar-refractivity contribution in [1.82, 2.24) is 5.16 Å². The fourth-order valence-electron chi connectivity index (χ4n) is 4.12. The Balaban J connectivity index is 2.07. The van der Waals surface area contributed by atoms with Crippen LogP contribution in [0.15, 0.2) is 22.9 Å². The molecule has 1 aromatic heterocycles. The van der Waals surface area contributed by atoms with E-state index >= 15 is 0 Å². The molecule has 0 N–H and O–H groups in total. The van der Waals surface area contributed by atoms with Gasteiger partial charge in [-0.25, -0.2) is 0 Å². The maximum atomic E-state index is 11.9. The average molecular weight is 306 g/mol. The first-order valence-electron chi connectivity index (χ1n) is 6.77. The van der Waals surface area contributed by atoms with Crippen LogP contribution in [0.1, 0.15) is 30.1 Å². The third kappa shape index (κ3) is 1.29. The summed E-state index contributed by atoms with van der Waals surface area (Å²) in [4.78, 5) is 21.9. The molecular weight excluding hydrogens is 296 g/mol. The molecule has 2 bridgehead atoms. The van der Waals surface area contributed by atoms with E-state index in [4.69, 9.17) is 0 Å². The van der Waals surface area contributed by atoms with Crippen molar-refractivity contribution in [3.8, 4) is 0 Å². The van der Waals surface area contributed by atoms with E-state index in [1.807, 2.05) is 6.08 Å². The van der Waals surface area contributed by atoms with Crippen molar-refractivity contribution in [2.45, 2.75) is 24.3 Å². The lowest BCUT2D eigenvalue weighted by Crippen LogP contribution is -2.59. The first-order valence-corrected chi connectivity index (χ1v) is 6.77. The molecule has 5 rings (SSSR count). The predicted octanol–water partition coefficient (Wildman–Crippen LogP) is 0.634. The third-order valence-corrected chi connectivity index (χ3v) is 4.99. The van der Waals surface area contributed by atoms with Gasteiger partial charge in [-0.15, -0.1) is 0 Å². The highest BCUT2D eigenvalue weighted by atomic mass is 16.8. The Kier molecular flexibility index (Phi) is 2.29. The molecule has 4 aliphatic rings. The van der Waals surface area contributed by atoms with Crippen LogP contribution in [0.4, 0.5) is 0 Å². The molecule has 0 aromatic carbocycles. The lowest BCUT2D eigenvalue weighted by molar-refractivity contribution is -0.810. The van der Waals surface area contributed by atoms with E-state index in [9.17, 15) is 25.4 Å². The van der Waals surface area contributed by atoms with E-state index in [2.05, 4.69) is 9.79 Å². The van der Waals surface area contributed by atoms with Crippen molar-refractivity contribution in [3.63, 3.8) is 0 Å². The van der Waals surface area contributed by atoms with Crippen molar-refractivity contribution in [1.29, 1.82) is 0 Å². The molecule has 1 fully saturated rings. The van der Waals surface area contributed by atoms with Gasteiger partial charge >= 0.3 is 11.4 Å². The number of allylic oxidation sites excluding steroid dienone is 1. The highest BCUT2D eigenvalue weighted by Crippen LogP contribution is 2.57. The molecule has 4 aliphatic carbocycles. The molecule has 0 radical (unpaired) electrons. The summed E-state index contributed by atoms with van der Waals surface area (Å²) in [5.74, 6) is -1.53. The van der Waals surface area contributed by atoms with Gasteiger partial charge in [-0.3, -0.25) is 24.9 Å². The summed E-state index contributed by atoms with van der Waals surface area (Å²) in [6.45, 7) is 0. The summed E-state index contributed by atoms with van der Waals surface area (Å²) < 4.78 is 4.50. The van der Waals surface area contributed by atoms with Crippen LogP contribution in [0.2, 0.25) is 0 Å². The summed E-state index contributed by atoms with van der Waals surface area (Å²) in [6, 6.07) is 0. The van der Waals surface area contributed by atoms with Crippen LogP contribution in [0.5, 0.6) is 0 Å². The van der Waals surface area contributed by atoms with Gasteiger partial charge in [0.25, 0.3) is 5.54 Å². The molecular formula is C12H10N4O6. The molecule has 4 atom stereocenters. The van der Waals surface area contributed by atoms with E-state index in [1.54, 1.807) is 6.08 Å². The highest BCUT2D eigenvalue weighted by molar-refractivity contribution is 5.63. The molecule has 1 saturated carbocycles. The van der Waals surface area contributed by atoms with Gasteiger partial charge < -0.3 is 5.21 Å². The van der Waals surface area contributed by atoms with Crippen molar-refractivity contribution in [3.05, 3.63) is 55.1 Å². The molecule has 10 heteroatoms. The second-order valence-electron chi connectivity index (χ2n) is 5.81. The van der Waals surface area contributed by atoms with Crippen LogP contribution in [0.25, 0.3) is 5.70 Å². The fraction of sp³-hybridized carbons (Fsp3) is 0.500. The van der Waals surface area contributed by atoms with Gasteiger partial charge in [-0.1, -0.05) is 12.2 Å². The molecule has 0 amide bonds. The van der Waals surface area contributed by atoms with Crippen LogP contribution in [0, 0.1) is 37.3 Å². The normalized spacial score (nSPS) is 34.7. The number of rotatable bonds is 2. The molecule has 1 aromatic rings. The zero-order valence-electron chi connectivity index (χ0n) is 11.1. The van der Waals surface area contributed by atoms with Crippen molar-refractivity contribution >= 4 is 5.70 Å². The summed E-state index contributed by atoms with van der Waals surface area (Å²) in [6.07, 6.45) is 5.88. The lowest BCUT2D eigenvalue weighted by Gasteiger charge is -2.45. The Labute approximate surface area is 122 Å². The topological polar surface area (TPSA) is 139 Å².